The van der Waals surface area contributed by atoms with Gasteiger partial charge in [0, 0.05) is 35.6 Å². The van der Waals surface area contributed by atoms with Gasteiger partial charge in [-0.15, -0.1) is 11.3 Å². The molecule has 1 aliphatic heterocycles. The number of benzene rings is 2. The zero-order valence-electron chi connectivity index (χ0n) is 18.0. The molecule has 1 aliphatic rings. The zero-order valence-corrected chi connectivity index (χ0v) is 18.9. The molecule has 1 fully saturated rings. The van der Waals surface area contributed by atoms with Crippen molar-refractivity contribution in [3.63, 3.8) is 0 Å². The van der Waals surface area contributed by atoms with Crippen LogP contribution >= 0.6 is 11.3 Å². The fourth-order valence-corrected chi connectivity index (χ4v) is 4.51. The molecule has 4 rings (SSSR count). The lowest BCUT2D eigenvalue weighted by atomic mass is 10.0. The Bertz CT molecular complexity index is 1090. The second kappa shape index (κ2) is 9.82. The van der Waals surface area contributed by atoms with Gasteiger partial charge in [-0.2, -0.15) is 0 Å². The predicted molar refractivity (Wildman–Crippen MR) is 123 cm³/mol. The normalized spacial score (nSPS) is 14.1. The van der Waals surface area contributed by atoms with Crippen LogP contribution in [0.5, 0.6) is 11.5 Å². The van der Waals surface area contributed by atoms with Crippen LogP contribution in [0.2, 0.25) is 0 Å². The van der Waals surface area contributed by atoms with E-state index in [9.17, 15) is 9.59 Å². The van der Waals surface area contributed by atoms with E-state index in [0.717, 1.165) is 23.4 Å². The average Bonchev–Trinajstić information content (AvgIpc) is 3.34. The fraction of sp³-hybridized carbons (Fsp3) is 0.292. The molecule has 1 aromatic heterocycles. The summed E-state index contributed by atoms with van der Waals surface area (Å²) in [4.78, 5) is 31.7. The summed E-state index contributed by atoms with van der Waals surface area (Å²) in [5.41, 5.74) is 1.96. The first kappa shape index (κ1) is 21.8. The third kappa shape index (κ3) is 4.75. The molecule has 1 saturated heterocycles. The van der Waals surface area contributed by atoms with E-state index >= 15 is 0 Å². The number of nitrogens with zero attached hydrogens (tertiary/aromatic N) is 2. The summed E-state index contributed by atoms with van der Waals surface area (Å²) < 4.78 is 10.6. The summed E-state index contributed by atoms with van der Waals surface area (Å²) in [5, 5.41) is 5.61. The number of methoxy groups -OCH3 is 2. The molecule has 1 N–H and O–H groups in total. The molecule has 2 heterocycles. The monoisotopic (exact) mass is 451 g/mol. The summed E-state index contributed by atoms with van der Waals surface area (Å²) in [6.07, 6.45) is 1.44. The Labute approximate surface area is 191 Å². The predicted octanol–water partition coefficient (Wildman–Crippen LogP) is 3.86. The highest BCUT2D eigenvalue weighted by atomic mass is 32.1. The summed E-state index contributed by atoms with van der Waals surface area (Å²) in [6, 6.07) is 14.8. The Morgan fingerprint density at radius 3 is 2.44 bits per heavy atom. The van der Waals surface area contributed by atoms with E-state index in [0.29, 0.717) is 35.8 Å². The maximum absolute atomic E-state index is 13.0. The van der Waals surface area contributed by atoms with Crippen LogP contribution in [0.4, 0.5) is 0 Å². The molecule has 0 spiro atoms. The molecule has 166 valence electrons. The maximum Gasteiger partial charge on any atom is 0.273 e. The zero-order chi connectivity index (χ0) is 22.5. The lowest BCUT2D eigenvalue weighted by molar-refractivity contribution is 0.0693. The minimum Gasteiger partial charge on any atom is -0.493 e. The van der Waals surface area contributed by atoms with Crippen molar-refractivity contribution in [2.75, 3.05) is 27.3 Å². The van der Waals surface area contributed by atoms with Crippen LogP contribution in [0.3, 0.4) is 0 Å². The molecule has 0 aliphatic carbocycles. The van der Waals surface area contributed by atoms with Crippen molar-refractivity contribution in [2.24, 2.45) is 0 Å². The summed E-state index contributed by atoms with van der Waals surface area (Å²) >= 11 is 1.42. The summed E-state index contributed by atoms with van der Waals surface area (Å²) in [5.74, 6) is 1.11. The molecular weight excluding hydrogens is 426 g/mol. The molecule has 0 saturated carbocycles. The van der Waals surface area contributed by atoms with Gasteiger partial charge in [-0.1, -0.05) is 18.2 Å². The largest absolute Gasteiger partial charge is 0.493 e. The minimum absolute atomic E-state index is 0.0597. The number of carbonyl (C=O) groups excluding carboxylic acids is 2. The van der Waals surface area contributed by atoms with Crippen molar-refractivity contribution >= 4 is 23.2 Å². The van der Waals surface area contributed by atoms with Crippen molar-refractivity contribution in [3.05, 3.63) is 65.2 Å². The van der Waals surface area contributed by atoms with E-state index in [1.54, 1.807) is 36.6 Å². The smallest absolute Gasteiger partial charge is 0.273 e. The maximum atomic E-state index is 13.0. The number of piperidine rings is 1. The van der Waals surface area contributed by atoms with Crippen LogP contribution in [0.1, 0.15) is 33.7 Å². The van der Waals surface area contributed by atoms with Gasteiger partial charge in [-0.05, 0) is 43.2 Å². The van der Waals surface area contributed by atoms with E-state index in [2.05, 4.69) is 10.3 Å². The summed E-state index contributed by atoms with van der Waals surface area (Å²) in [6.45, 7) is 1.17. The SMILES string of the molecule is COc1ccc(-c2nc(C(=O)N3CCC(NC(=O)c4ccccc4)CC3)cs2)cc1OC. The van der Waals surface area contributed by atoms with Gasteiger partial charge in [-0.25, -0.2) is 4.98 Å². The van der Waals surface area contributed by atoms with E-state index in [-0.39, 0.29) is 17.9 Å². The van der Waals surface area contributed by atoms with Crippen LogP contribution in [0.15, 0.2) is 53.9 Å². The Balaban J connectivity index is 1.36. The van der Waals surface area contributed by atoms with Gasteiger partial charge < -0.3 is 19.7 Å². The van der Waals surface area contributed by atoms with Crippen molar-refractivity contribution in [1.29, 1.82) is 0 Å². The minimum atomic E-state index is -0.0826. The fourth-order valence-electron chi connectivity index (χ4n) is 3.72. The molecule has 2 amide bonds. The molecule has 7 nitrogen and oxygen atoms in total. The van der Waals surface area contributed by atoms with Gasteiger partial charge in [0.2, 0.25) is 0 Å². The van der Waals surface area contributed by atoms with Gasteiger partial charge in [0.1, 0.15) is 10.7 Å². The number of hydrogen-bond donors (Lipinski definition) is 1. The van der Waals surface area contributed by atoms with Crippen LogP contribution < -0.4 is 14.8 Å². The number of amides is 2. The van der Waals surface area contributed by atoms with E-state index in [1.807, 2.05) is 36.4 Å². The second-order valence-corrected chi connectivity index (χ2v) is 8.37. The number of aromatic nitrogens is 1. The lowest BCUT2D eigenvalue weighted by Crippen LogP contribution is -2.46. The van der Waals surface area contributed by atoms with E-state index < -0.39 is 0 Å². The Hall–Kier alpha value is -3.39. The Morgan fingerprint density at radius 1 is 1.03 bits per heavy atom. The van der Waals surface area contributed by atoms with Gasteiger partial charge in [0.05, 0.1) is 14.2 Å². The van der Waals surface area contributed by atoms with Crippen LogP contribution in [0.25, 0.3) is 10.6 Å². The Morgan fingerprint density at radius 2 is 1.75 bits per heavy atom. The van der Waals surface area contributed by atoms with Gasteiger partial charge in [0.25, 0.3) is 11.8 Å². The highest BCUT2D eigenvalue weighted by Crippen LogP contribution is 2.33. The highest BCUT2D eigenvalue weighted by Gasteiger charge is 2.26. The third-order valence-electron chi connectivity index (χ3n) is 5.51. The van der Waals surface area contributed by atoms with E-state index in [4.69, 9.17) is 9.47 Å². The molecule has 8 heteroatoms. The standard InChI is InChI=1S/C24H25N3O4S/c1-30-20-9-8-17(14-21(20)31-2)23-26-19(15-32-23)24(29)27-12-10-18(11-13-27)25-22(28)16-6-4-3-5-7-16/h3-9,14-15,18H,10-13H2,1-2H3,(H,25,28). The van der Waals surface area contributed by atoms with Crippen LogP contribution in [0, 0.1) is 0 Å². The number of ether oxygens (including phenoxy) is 2. The molecule has 2 aromatic carbocycles. The average molecular weight is 452 g/mol. The second-order valence-electron chi connectivity index (χ2n) is 7.51. The highest BCUT2D eigenvalue weighted by molar-refractivity contribution is 7.13. The molecule has 32 heavy (non-hydrogen) atoms. The van der Waals surface area contributed by atoms with Crippen LogP contribution in [-0.2, 0) is 0 Å². The molecule has 3 aromatic rings. The van der Waals surface area contributed by atoms with Gasteiger partial charge >= 0.3 is 0 Å². The number of hydrogen-bond acceptors (Lipinski definition) is 6. The number of thiazole rings is 1. The van der Waals surface area contributed by atoms with Crippen molar-refractivity contribution in [1.82, 2.24) is 15.2 Å². The number of nitrogens with one attached hydrogen (secondary N) is 1. The number of carbonyl (C=O) groups is 2. The molecule has 0 radical (unpaired) electrons. The third-order valence-corrected chi connectivity index (χ3v) is 6.40. The molecular formula is C24H25N3O4S. The molecule has 0 unspecified atom stereocenters. The van der Waals surface area contributed by atoms with Crippen molar-refractivity contribution < 1.29 is 19.1 Å². The topological polar surface area (TPSA) is 80.8 Å². The number of rotatable bonds is 6. The lowest BCUT2D eigenvalue weighted by Gasteiger charge is -2.32. The van der Waals surface area contributed by atoms with E-state index in [1.165, 1.54) is 11.3 Å². The molecule has 0 atom stereocenters. The number of likely N-dealkylation sites (tertiary alicyclic amines) is 1. The first-order valence-electron chi connectivity index (χ1n) is 10.4. The summed E-state index contributed by atoms with van der Waals surface area (Å²) in [7, 11) is 3.18. The molecule has 0 bridgehead atoms. The van der Waals surface area contributed by atoms with Gasteiger partial charge in [0.15, 0.2) is 11.5 Å². The van der Waals surface area contributed by atoms with Crippen LogP contribution in [-0.4, -0.2) is 55.0 Å². The Kier molecular flexibility index (Phi) is 6.70. The van der Waals surface area contributed by atoms with Crippen molar-refractivity contribution in [3.8, 4) is 22.1 Å². The van der Waals surface area contributed by atoms with Gasteiger partial charge in [-0.3, -0.25) is 9.59 Å². The first-order valence-corrected chi connectivity index (χ1v) is 11.3. The first-order chi connectivity index (χ1) is 15.6. The quantitative estimate of drug-likeness (QED) is 0.616. The van der Waals surface area contributed by atoms with Crippen molar-refractivity contribution in [2.45, 2.75) is 18.9 Å².